The SMILES string of the molecule is NCC1(C2(O)CCCCC2C2CCCCC2)CCCC1. The normalized spacial score (nSPS) is 39.0. The average Bonchev–Trinajstić information content (AvgIpc) is 2.99. The predicted molar refractivity (Wildman–Crippen MR) is 83.4 cm³/mol. The minimum absolute atomic E-state index is 0.0511. The maximum atomic E-state index is 11.8. The Morgan fingerprint density at radius 2 is 1.40 bits per heavy atom. The van der Waals surface area contributed by atoms with E-state index in [-0.39, 0.29) is 5.41 Å². The highest BCUT2D eigenvalue weighted by Gasteiger charge is 2.56. The summed E-state index contributed by atoms with van der Waals surface area (Å²) < 4.78 is 0. The summed E-state index contributed by atoms with van der Waals surface area (Å²) in [6.45, 7) is 0.701. The van der Waals surface area contributed by atoms with Gasteiger partial charge in [0, 0.05) is 12.0 Å². The first-order chi connectivity index (χ1) is 9.72. The molecule has 2 atom stereocenters. The van der Waals surface area contributed by atoms with E-state index < -0.39 is 5.60 Å². The summed E-state index contributed by atoms with van der Waals surface area (Å²) in [5.74, 6) is 1.32. The standard InChI is InChI=1S/C18H33NO/c19-14-17(11-6-7-12-17)18(20)13-5-4-10-16(18)15-8-2-1-3-9-15/h15-16,20H,1-14,19H2. The fourth-order valence-electron chi connectivity index (χ4n) is 5.87. The second kappa shape index (κ2) is 5.96. The lowest BCUT2D eigenvalue weighted by atomic mass is 9.55. The number of hydrogen-bond donors (Lipinski definition) is 2. The smallest absolute Gasteiger partial charge is 0.0746 e. The number of aliphatic hydroxyl groups is 1. The van der Waals surface area contributed by atoms with Crippen molar-refractivity contribution in [2.75, 3.05) is 6.54 Å². The molecule has 116 valence electrons. The molecule has 0 saturated heterocycles. The molecule has 2 heteroatoms. The maximum absolute atomic E-state index is 11.8. The molecule has 3 fully saturated rings. The van der Waals surface area contributed by atoms with Crippen molar-refractivity contribution in [2.24, 2.45) is 23.0 Å². The van der Waals surface area contributed by atoms with Gasteiger partial charge < -0.3 is 10.8 Å². The van der Waals surface area contributed by atoms with Gasteiger partial charge in [-0.25, -0.2) is 0 Å². The van der Waals surface area contributed by atoms with E-state index in [9.17, 15) is 5.11 Å². The van der Waals surface area contributed by atoms with Crippen LogP contribution in [0.3, 0.4) is 0 Å². The fourth-order valence-corrected chi connectivity index (χ4v) is 5.87. The first-order valence-corrected chi connectivity index (χ1v) is 9.14. The second-order valence-electron chi connectivity index (χ2n) is 7.87. The molecule has 0 spiro atoms. The van der Waals surface area contributed by atoms with Gasteiger partial charge in [-0.3, -0.25) is 0 Å². The predicted octanol–water partition coefficient (Wildman–Crippen LogP) is 4.01. The summed E-state index contributed by atoms with van der Waals surface area (Å²) in [6.07, 6.45) is 16.6. The van der Waals surface area contributed by atoms with Crippen molar-refractivity contribution >= 4 is 0 Å². The van der Waals surface area contributed by atoms with Gasteiger partial charge in [0.05, 0.1) is 5.60 Å². The van der Waals surface area contributed by atoms with Crippen LogP contribution in [0, 0.1) is 17.3 Å². The first-order valence-electron chi connectivity index (χ1n) is 9.14. The third-order valence-electron chi connectivity index (χ3n) is 7.03. The van der Waals surface area contributed by atoms with E-state index in [0.29, 0.717) is 12.5 Å². The molecule has 3 rings (SSSR count). The highest BCUT2D eigenvalue weighted by molar-refractivity contribution is 5.08. The molecule has 2 nitrogen and oxygen atoms in total. The van der Waals surface area contributed by atoms with Gasteiger partial charge in [0.1, 0.15) is 0 Å². The number of rotatable bonds is 3. The minimum Gasteiger partial charge on any atom is -0.389 e. The number of nitrogens with two attached hydrogens (primary N) is 1. The quantitative estimate of drug-likeness (QED) is 0.820. The Morgan fingerprint density at radius 3 is 2.05 bits per heavy atom. The maximum Gasteiger partial charge on any atom is 0.0746 e. The fraction of sp³-hybridized carbons (Fsp3) is 1.00. The van der Waals surface area contributed by atoms with Crippen LogP contribution >= 0.6 is 0 Å². The van der Waals surface area contributed by atoms with E-state index in [1.54, 1.807) is 0 Å². The molecule has 0 aromatic rings. The van der Waals surface area contributed by atoms with Gasteiger partial charge in [-0.2, -0.15) is 0 Å². The Kier molecular flexibility index (Phi) is 4.42. The summed E-state index contributed by atoms with van der Waals surface area (Å²) in [4.78, 5) is 0. The van der Waals surface area contributed by atoms with E-state index in [1.807, 2.05) is 0 Å². The van der Waals surface area contributed by atoms with Crippen molar-refractivity contribution in [3.05, 3.63) is 0 Å². The van der Waals surface area contributed by atoms with Gasteiger partial charge in [0.25, 0.3) is 0 Å². The molecular formula is C18H33NO. The Balaban J connectivity index is 1.86. The van der Waals surface area contributed by atoms with Gasteiger partial charge >= 0.3 is 0 Å². The molecule has 3 saturated carbocycles. The third kappa shape index (κ3) is 2.33. The zero-order valence-corrected chi connectivity index (χ0v) is 13.1. The lowest BCUT2D eigenvalue weighted by Gasteiger charge is -2.54. The van der Waals surface area contributed by atoms with Crippen LogP contribution in [-0.4, -0.2) is 17.3 Å². The highest BCUT2D eigenvalue weighted by Crippen LogP contribution is 2.57. The lowest BCUT2D eigenvalue weighted by molar-refractivity contribution is -0.161. The van der Waals surface area contributed by atoms with Gasteiger partial charge in [0.15, 0.2) is 0 Å². The molecule has 3 aliphatic rings. The molecule has 20 heavy (non-hydrogen) atoms. The van der Waals surface area contributed by atoms with Crippen LogP contribution in [0.2, 0.25) is 0 Å². The Labute approximate surface area is 124 Å². The molecule has 0 aromatic carbocycles. The van der Waals surface area contributed by atoms with E-state index in [4.69, 9.17) is 5.73 Å². The van der Waals surface area contributed by atoms with Gasteiger partial charge in [-0.1, -0.05) is 57.8 Å². The van der Waals surface area contributed by atoms with Crippen LogP contribution in [0.15, 0.2) is 0 Å². The molecule has 3 N–H and O–H groups in total. The van der Waals surface area contributed by atoms with Crippen LogP contribution < -0.4 is 5.73 Å². The van der Waals surface area contributed by atoms with Crippen molar-refractivity contribution in [1.82, 2.24) is 0 Å². The number of hydrogen-bond acceptors (Lipinski definition) is 2. The molecule has 2 unspecified atom stereocenters. The highest BCUT2D eigenvalue weighted by atomic mass is 16.3. The van der Waals surface area contributed by atoms with Crippen LogP contribution in [-0.2, 0) is 0 Å². The largest absolute Gasteiger partial charge is 0.389 e. The molecule has 3 aliphatic carbocycles. The molecule has 0 bridgehead atoms. The van der Waals surface area contributed by atoms with Crippen molar-refractivity contribution < 1.29 is 5.11 Å². The summed E-state index contributed by atoms with van der Waals surface area (Å²) in [5.41, 5.74) is 5.82. The summed E-state index contributed by atoms with van der Waals surface area (Å²) in [5, 5.41) is 11.8. The van der Waals surface area contributed by atoms with Crippen LogP contribution in [0.4, 0.5) is 0 Å². The van der Waals surface area contributed by atoms with Crippen molar-refractivity contribution in [3.63, 3.8) is 0 Å². The summed E-state index contributed by atoms with van der Waals surface area (Å²) >= 11 is 0. The molecule has 0 radical (unpaired) electrons. The molecule has 0 aromatic heterocycles. The summed E-state index contributed by atoms with van der Waals surface area (Å²) in [7, 11) is 0. The van der Waals surface area contributed by atoms with Gasteiger partial charge in [0.2, 0.25) is 0 Å². The topological polar surface area (TPSA) is 46.2 Å². The monoisotopic (exact) mass is 279 g/mol. The van der Waals surface area contributed by atoms with Gasteiger partial charge in [-0.15, -0.1) is 0 Å². The second-order valence-corrected chi connectivity index (χ2v) is 7.87. The lowest BCUT2D eigenvalue weighted by Crippen LogP contribution is -2.59. The van der Waals surface area contributed by atoms with Crippen LogP contribution in [0.1, 0.15) is 83.5 Å². The minimum atomic E-state index is -0.446. The molecule has 0 heterocycles. The van der Waals surface area contributed by atoms with E-state index in [0.717, 1.165) is 12.3 Å². The zero-order valence-electron chi connectivity index (χ0n) is 13.1. The first kappa shape index (κ1) is 14.8. The van der Waals surface area contributed by atoms with E-state index in [1.165, 1.54) is 77.0 Å². The summed E-state index contributed by atoms with van der Waals surface area (Å²) in [6, 6.07) is 0. The van der Waals surface area contributed by atoms with Crippen LogP contribution in [0.25, 0.3) is 0 Å². The Hall–Kier alpha value is -0.0800. The Morgan fingerprint density at radius 1 is 0.800 bits per heavy atom. The zero-order chi connectivity index (χ0) is 14.1. The Bertz CT molecular complexity index is 317. The van der Waals surface area contributed by atoms with E-state index >= 15 is 0 Å². The third-order valence-corrected chi connectivity index (χ3v) is 7.03. The van der Waals surface area contributed by atoms with Crippen molar-refractivity contribution in [2.45, 2.75) is 89.1 Å². The molecular weight excluding hydrogens is 246 g/mol. The molecule has 0 amide bonds. The van der Waals surface area contributed by atoms with Crippen LogP contribution in [0.5, 0.6) is 0 Å². The van der Waals surface area contributed by atoms with E-state index in [2.05, 4.69) is 0 Å². The average molecular weight is 279 g/mol. The van der Waals surface area contributed by atoms with Gasteiger partial charge in [-0.05, 0) is 37.5 Å². The van der Waals surface area contributed by atoms with Crippen molar-refractivity contribution in [3.8, 4) is 0 Å². The van der Waals surface area contributed by atoms with Crippen molar-refractivity contribution in [1.29, 1.82) is 0 Å². The molecule has 0 aliphatic heterocycles.